The van der Waals surface area contributed by atoms with Crippen LogP contribution >= 0.6 is 22.7 Å². The Morgan fingerprint density at radius 2 is 1.89 bits per heavy atom. The number of aryl methyl sites for hydroxylation is 1. The van der Waals surface area contributed by atoms with E-state index in [0.717, 1.165) is 41.7 Å². The van der Waals surface area contributed by atoms with Crippen molar-refractivity contribution in [3.63, 3.8) is 0 Å². The molecule has 3 aliphatic rings. The van der Waals surface area contributed by atoms with Crippen LogP contribution in [0.5, 0.6) is 5.88 Å². The molecule has 4 atom stereocenters. The lowest BCUT2D eigenvalue weighted by Gasteiger charge is -2.40. The van der Waals surface area contributed by atoms with Gasteiger partial charge in [-0.3, -0.25) is 4.79 Å². The Kier molecular flexibility index (Phi) is 8.95. The number of piperidine rings is 1. The molecule has 2 aliphatic heterocycles. The number of aliphatic carboxylic acids is 1. The quantitative estimate of drug-likeness (QED) is 0.352. The zero-order valence-corrected chi connectivity index (χ0v) is 27.1. The van der Waals surface area contributed by atoms with Gasteiger partial charge >= 0.3 is 18.2 Å². The molecule has 1 saturated heterocycles. The maximum Gasteiger partial charge on any atom is 0.434 e. The summed E-state index contributed by atoms with van der Waals surface area (Å²) in [5.41, 5.74) is -1.45. The fraction of sp³-hybridized carbons (Fsp3) is 0.500. The zero-order chi connectivity index (χ0) is 33.5. The van der Waals surface area contributed by atoms with Gasteiger partial charge in [0.25, 0.3) is 0 Å². The number of ether oxygens (including phenoxy) is 1. The van der Waals surface area contributed by atoms with E-state index in [1.807, 2.05) is 17.5 Å². The second-order valence-electron chi connectivity index (χ2n) is 11.9. The number of urea groups is 1. The van der Waals surface area contributed by atoms with E-state index in [9.17, 15) is 32.7 Å². The number of carbonyl (C=O) groups is 3. The number of halogens is 3. The van der Waals surface area contributed by atoms with Crippen LogP contribution in [0.4, 0.5) is 18.0 Å². The monoisotopic (exact) mass is 691 g/mol. The zero-order valence-electron chi connectivity index (χ0n) is 25.5. The number of nitrogens with zero attached hydrogens (tertiary/aromatic N) is 6. The number of thiazole rings is 2. The van der Waals surface area contributed by atoms with Gasteiger partial charge in [0.2, 0.25) is 11.8 Å². The number of alkyl halides is 3. The van der Waals surface area contributed by atoms with E-state index in [4.69, 9.17) is 4.74 Å². The highest BCUT2D eigenvalue weighted by Gasteiger charge is 2.61. The maximum atomic E-state index is 13.8. The lowest BCUT2D eigenvalue weighted by atomic mass is 9.98. The Hall–Kier alpha value is -4.12. The van der Waals surface area contributed by atoms with Crippen LogP contribution in [-0.4, -0.2) is 90.6 Å². The van der Waals surface area contributed by atoms with Crippen molar-refractivity contribution >= 4 is 40.6 Å². The van der Waals surface area contributed by atoms with Gasteiger partial charge in [0.05, 0.1) is 0 Å². The molecule has 0 unspecified atom stereocenters. The fourth-order valence-electron chi connectivity index (χ4n) is 5.81. The Morgan fingerprint density at radius 3 is 2.60 bits per heavy atom. The van der Waals surface area contributed by atoms with Crippen LogP contribution in [0.2, 0.25) is 0 Å². The summed E-state index contributed by atoms with van der Waals surface area (Å²) in [5.74, 6) is -2.13. The van der Waals surface area contributed by atoms with Gasteiger partial charge in [-0.05, 0) is 32.6 Å². The van der Waals surface area contributed by atoms with E-state index in [-0.39, 0.29) is 48.0 Å². The van der Waals surface area contributed by atoms with E-state index >= 15 is 0 Å². The van der Waals surface area contributed by atoms with Gasteiger partial charge in [0, 0.05) is 61.4 Å². The third kappa shape index (κ3) is 6.95. The van der Waals surface area contributed by atoms with Gasteiger partial charge in [0.15, 0.2) is 16.5 Å². The number of carboxylic acid groups (broad SMARTS) is 1. The summed E-state index contributed by atoms with van der Waals surface area (Å²) in [6, 6.07) is 0.145. The van der Waals surface area contributed by atoms with Crippen molar-refractivity contribution in [3.8, 4) is 27.4 Å². The number of amides is 3. The molecule has 0 spiro atoms. The summed E-state index contributed by atoms with van der Waals surface area (Å²) in [7, 11) is 1.67. The number of aromatic nitrogens is 4. The van der Waals surface area contributed by atoms with E-state index in [1.165, 1.54) is 22.3 Å². The molecular weight excluding hydrogens is 660 g/mol. The molecule has 6 rings (SSSR count). The van der Waals surface area contributed by atoms with Crippen molar-refractivity contribution in [1.29, 1.82) is 0 Å². The molecule has 2 N–H and O–H groups in total. The fourth-order valence-corrected chi connectivity index (χ4v) is 7.32. The highest BCUT2D eigenvalue weighted by atomic mass is 32.1. The van der Waals surface area contributed by atoms with E-state index in [0.29, 0.717) is 23.7 Å². The number of hydrogen-bond donors (Lipinski definition) is 2. The minimum Gasteiger partial charge on any atom is -0.479 e. The molecule has 250 valence electrons. The molecule has 0 bridgehead atoms. The largest absolute Gasteiger partial charge is 0.479 e. The van der Waals surface area contributed by atoms with Crippen LogP contribution in [0.15, 0.2) is 29.0 Å². The van der Waals surface area contributed by atoms with Crippen LogP contribution in [0.3, 0.4) is 0 Å². The summed E-state index contributed by atoms with van der Waals surface area (Å²) >= 11 is 2.04. The predicted octanol–water partition coefficient (Wildman–Crippen LogP) is 5.01. The molecule has 3 aromatic heterocycles. The second-order valence-corrected chi connectivity index (χ2v) is 13.6. The van der Waals surface area contributed by atoms with Crippen molar-refractivity contribution in [2.75, 3.05) is 20.1 Å². The molecule has 3 amide bonds. The standard InChI is InChI=1S/C30H32F3N7O5S2/c1-16-14-46-25(34-16)19-12-22(37-23(35-19)26-36-21(15-47-26)30(31,32)33)45-18-8-10-40-20(11-18)24(41)38-29(27(42)43)13-17(29)7-5-3-4-6-9-39(2)28(40)44/h5,7,12,14-15,17-18,20H,3-4,6,8-11,13H2,1-2H3,(H,38,41)(H,42,43)/b7-5-/t17-,18-,20-,29+/m0/s1. The molecule has 12 nitrogen and oxygen atoms in total. The smallest absolute Gasteiger partial charge is 0.434 e. The molecule has 0 radical (unpaired) electrons. The van der Waals surface area contributed by atoms with Crippen LogP contribution in [0, 0.1) is 12.8 Å². The highest BCUT2D eigenvalue weighted by Crippen LogP contribution is 2.45. The topological polar surface area (TPSA) is 151 Å². The van der Waals surface area contributed by atoms with Crippen LogP contribution in [0.25, 0.3) is 21.5 Å². The Labute approximate surface area is 275 Å². The van der Waals surface area contributed by atoms with Crippen molar-refractivity contribution < 1.29 is 37.4 Å². The summed E-state index contributed by atoms with van der Waals surface area (Å²) in [4.78, 5) is 59.6. The Morgan fingerprint density at radius 1 is 1.11 bits per heavy atom. The van der Waals surface area contributed by atoms with Gasteiger partial charge < -0.3 is 25.0 Å². The normalized spacial score (nSPS) is 26.1. The first-order chi connectivity index (χ1) is 22.3. The van der Waals surface area contributed by atoms with Crippen LogP contribution in [0.1, 0.15) is 49.9 Å². The maximum absolute atomic E-state index is 13.8. The number of fused-ring (bicyclic) bond motifs is 2. The first-order valence-electron chi connectivity index (χ1n) is 15.1. The highest BCUT2D eigenvalue weighted by molar-refractivity contribution is 7.13. The van der Waals surface area contributed by atoms with E-state index in [2.05, 4.69) is 25.3 Å². The lowest BCUT2D eigenvalue weighted by molar-refractivity contribution is -0.144. The Bertz CT molecular complexity index is 1710. The average Bonchev–Trinajstić information content (AvgIpc) is 3.33. The van der Waals surface area contributed by atoms with Crippen LogP contribution < -0.4 is 10.1 Å². The van der Waals surface area contributed by atoms with E-state index in [1.54, 1.807) is 18.9 Å². The summed E-state index contributed by atoms with van der Waals surface area (Å²) in [6.45, 7) is 2.44. The average molecular weight is 692 g/mol. The van der Waals surface area contributed by atoms with Gasteiger partial charge in [-0.2, -0.15) is 18.2 Å². The first kappa shape index (κ1) is 32.8. The van der Waals surface area contributed by atoms with Gasteiger partial charge in [-0.25, -0.2) is 24.5 Å². The van der Waals surface area contributed by atoms with Crippen LogP contribution in [-0.2, 0) is 15.8 Å². The first-order valence-corrected chi connectivity index (χ1v) is 16.8. The predicted molar refractivity (Wildman–Crippen MR) is 166 cm³/mol. The molecule has 47 heavy (non-hydrogen) atoms. The Balaban J connectivity index is 1.29. The molecule has 0 aromatic carbocycles. The lowest BCUT2D eigenvalue weighted by Crippen LogP contribution is -2.60. The number of allylic oxidation sites excluding steroid dienone is 1. The number of hydrogen-bond acceptors (Lipinski definition) is 10. The summed E-state index contributed by atoms with van der Waals surface area (Å²) < 4.78 is 46.2. The molecule has 5 heterocycles. The summed E-state index contributed by atoms with van der Waals surface area (Å²) in [6.07, 6.45) is 1.40. The summed E-state index contributed by atoms with van der Waals surface area (Å²) in [5, 5.41) is 15.9. The van der Waals surface area contributed by atoms with E-state index < -0.39 is 41.4 Å². The minimum atomic E-state index is -4.64. The number of carbonyl (C=O) groups excluding carboxylic acids is 2. The minimum absolute atomic E-state index is 0.0299. The third-order valence-electron chi connectivity index (χ3n) is 8.47. The molecule has 2 fully saturated rings. The SMILES string of the molecule is Cc1csc(-c2cc(O[C@H]3CCN4C(=O)N(C)CCCC/C=C\[C@H]5C[C@@]5(C(=O)O)NC(=O)[C@@H]4C3)nc(-c3nc(C(F)(F)F)cs3)n2)n1. The molecule has 1 aliphatic carbocycles. The number of carboxylic acids is 1. The number of nitrogens with one attached hydrogen (secondary N) is 1. The molecule has 17 heteroatoms. The van der Waals surface area contributed by atoms with Gasteiger partial charge in [-0.15, -0.1) is 22.7 Å². The molecule has 1 saturated carbocycles. The number of rotatable bonds is 5. The third-order valence-corrected chi connectivity index (χ3v) is 10.3. The van der Waals surface area contributed by atoms with Gasteiger partial charge in [0.1, 0.15) is 28.4 Å². The van der Waals surface area contributed by atoms with Crippen molar-refractivity contribution in [2.24, 2.45) is 5.92 Å². The van der Waals surface area contributed by atoms with Crippen molar-refractivity contribution in [2.45, 2.75) is 69.3 Å². The van der Waals surface area contributed by atoms with Crippen molar-refractivity contribution in [1.82, 2.24) is 35.1 Å². The van der Waals surface area contributed by atoms with Gasteiger partial charge in [-0.1, -0.05) is 12.2 Å². The molecular formula is C30H32F3N7O5S2. The second kappa shape index (κ2) is 12.8. The van der Waals surface area contributed by atoms with Crippen molar-refractivity contribution in [3.05, 3.63) is 40.4 Å². The molecule has 3 aromatic rings.